The molecule has 2 heterocycles. The highest BCUT2D eigenvalue weighted by Gasteiger charge is 2.13. The van der Waals surface area contributed by atoms with Gasteiger partial charge in [-0.05, 0) is 46.0 Å². The van der Waals surface area contributed by atoms with Crippen LogP contribution in [0.5, 0.6) is 0 Å². The van der Waals surface area contributed by atoms with Crippen LogP contribution in [0.2, 0.25) is 0 Å². The lowest BCUT2D eigenvalue weighted by atomic mass is 9.98. The number of rotatable bonds is 8. The first-order valence-electron chi connectivity index (χ1n) is 10.5. The normalized spacial score (nSPS) is 10.9. The van der Waals surface area contributed by atoms with E-state index < -0.39 is 5.97 Å². The molecule has 8 heteroatoms. The first-order valence-corrected chi connectivity index (χ1v) is 10.5. The highest BCUT2D eigenvalue weighted by molar-refractivity contribution is 5.87. The molecule has 0 aliphatic rings. The number of aromatic amines is 1. The quantitative estimate of drug-likeness (QED) is 0.441. The van der Waals surface area contributed by atoms with E-state index in [1.807, 2.05) is 48.5 Å². The van der Waals surface area contributed by atoms with Gasteiger partial charge in [0.1, 0.15) is 0 Å². The zero-order valence-electron chi connectivity index (χ0n) is 17.7. The maximum atomic E-state index is 12.7. The largest absolute Gasteiger partial charge is 0.478 e. The van der Waals surface area contributed by atoms with E-state index in [2.05, 4.69) is 27.5 Å². The van der Waals surface area contributed by atoms with Crippen molar-refractivity contribution in [3.63, 3.8) is 0 Å². The number of carbonyl (C=O) groups is 1. The average Bonchev–Trinajstić information content (AvgIpc) is 3.34. The fourth-order valence-electron chi connectivity index (χ4n) is 3.71. The number of unbranched alkanes of at least 4 members (excludes halogenated alkanes) is 1. The summed E-state index contributed by atoms with van der Waals surface area (Å²) in [4.78, 5) is 24.0. The molecule has 2 aromatic heterocycles. The molecule has 0 spiro atoms. The molecule has 8 nitrogen and oxygen atoms in total. The van der Waals surface area contributed by atoms with Crippen LogP contribution in [-0.2, 0) is 13.0 Å². The van der Waals surface area contributed by atoms with Gasteiger partial charge in [-0.1, -0.05) is 61.9 Å². The summed E-state index contributed by atoms with van der Waals surface area (Å²) in [6.45, 7) is 2.45. The van der Waals surface area contributed by atoms with Crippen LogP contribution in [0, 0.1) is 0 Å². The highest BCUT2D eigenvalue weighted by atomic mass is 16.4. The van der Waals surface area contributed by atoms with Gasteiger partial charge in [-0.2, -0.15) is 0 Å². The van der Waals surface area contributed by atoms with Gasteiger partial charge in [0.05, 0.1) is 12.1 Å². The number of hydrogen-bond donors (Lipinski definition) is 2. The molecule has 4 aromatic rings. The summed E-state index contributed by atoms with van der Waals surface area (Å²) in [5, 5.41) is 23.4. The molecule has 2 N–H and O–H groups in total. The van der Waals surface area contributed by atoms with E-state index in [1.165, 1.54) is 6.07 Å². The van der Waals surface area contributed by atoms with E-state index in [0.29, 0.717) is 18.8 Å². The Morgan fingerprint density at radius 3 is 2.47 bits per heavy atom. The third-order valence-corrected chi connectivity index (χ3v) is 5.38. The summed E-state index contributed by atoms with van der Waals surface area (Å²) in [7, 11) is 0. The summed E-state index contributed by atoms with van der Waals surface area (Å²) in [5.41, 5.74) is 4.31. The lowest BCUT2D eigenvalue weighted by Gasteiger charge is -2.14. The second-order valence-electron chi connectivity index (χ2n) is 7.56. The Morgan fingerprint density at radius 2 is 1.81 bits per heavy atom. The Hall–Kier alpha value is -4.07. The molecular weight excluding hydrogens is 406 g/mol. The van der Waals surface area contributed by atoms with Gasteiger partial charge in [0.2, 0.25) is 0 Å². The van der Waals surface area contributed by atoms with Gasteiger partial charge >= 0.3 is 5.97 Å². The molecule has 0 fully saturated rings. The number of hydrogen-bond acceptors (Lipinski definition) is 5. The first-order chi connectivity index (χ1) is 15.6. The van der Waals surface area contributed by atoms with E-state index in [0.717, 1.165) is 40.8 Å². The zero-order chi connectivity index (χ0) is 22.5. The van der Waals surface area contributed by atoms with Crippen LogP contribution < -0.4 is 5.56 Å². The summed E-state index contributed by atoms with van der Waals surface area (Å²) in [5.74, 6) is -0.493. The molecule has 162 valence electrons. The summed E-state index contributed by atoms with van der Waals surface area (Å²) in [6, 6.07) is 18.6. The van der Waals surface area contributed by atoms with Crippen molar-refractivity contribution < 1.29 is 9.90 Å². The van der Waals surface area contributed by atoms with Crippen LogP contribution in [0.25, 0.3) is 22.5 Å². The van der Waals surface area contributed by atoms with Crippen molar-refractivity contribution in [3.8, 4) is 22.5 Å². The molecule has 2 aromatic carbocycles. The van der Waals surface area contributed by atoms with E-state index in [4.69, 9.17) is 0 Å². The van der Waals surface area contributed by atoms with Gasteiger partial charge in [-0.15, -0.1) is 5.10 Å². The minimum absolute atomic E-state index is 0.0335. The third-order valence-electron chi connectivity index (χ3n) is 5.38. The van der Waals surface area contributed by atoms with Gasteiger partial charge < -0.3 is 9.67 Å². The second-order valence-corrected chi connectivity index (χ2v) is 7.56. The molecular formula is C24H23N5O3. The van der Waals surface area contributed by atoms with Gasteiger partial charge in [0.15, 0.2) is 5.82 Å². The van der Waals surface area contributed by atoms with Crippen LogP contribution in [0.1, 0.15) is 41.4 Å². The number of tetrazole rings is 1. The van der Waals surface area contributed by atoms with E-state index in [-0.39, 0.29) is 11.1 Å². The monoisotopic (exact) mass is 429 g/mol. The van der Waals surface area contributed by atoms with Crippen molar-refractivity contribution in [3.05, 3.63) is 87.8 Å². The molecule has 0 atom stereocenters. The fraction of sp³-hybridized carbons (Fsp3) is 0.208. The predicted octanol–water partition coefficient (Wildman–Crippen LogP) is 3.78. The number of carboxylic acids is 1. The maximum Gasteiger partial charge on any atom is 0.335 e. The standard InChI is InChI=1S/C24H23N5O3/c1-2-3-6-19-13-18(24(31)32)14-22(30)29(19)15-16-9-11-17(12-10-16)20-7-4-5-8-21(20)23-25-27-28-26-23/h4-5,7-14H,2-3,6,15H2,1H3,(H,31,32)(H,25,26,27,28). The van der Waals surface area contributed by atoms with Crippen molar-refractivity contribution in [1.29, 1.82) is 0 Å². The van der Waals surface area contributed by atoms with E-state index >= 15 is 0 Å². The maximum absolute atomic E-state index is 12.7. The molecule has 0 radical (unpaired) electrons. The minimum atomic E-state index is -1.09. The lowest BCUT2D eigenvalue weighted by Crippen LogP contribution is -2.25. The number of nitrogens with one attached hydrogen (secondary N) is 1. The van der Waals surface area contributed by atoms with Crippen molar-refractivity contribution in [2.24, 2.45) is 0 Å². The third kappa shape index (κ3) is 4.49. The molecule has 0 aliphatic carbocycles. The number of aryl methyl sites for hydroxylation is 1. The van der Waals surface area contributed by atoms with Crippen LogP contribution in [-0.4, -0.2) is 36.3 Å². The molecule has 0 saturated carbocycles. The van der Waals surface area contributed by atoms with Gasteiger partial charge in [-0.3, -0.25) is 4.79 Å². The molecule has 0 bridgehead atoms. The van der Waals surface area contributed by atoms with Gasteiger partial charge in [-0.25, -0.2) is 9.89 Å². The smallest absolute Gasteiger partial charge is 0.335 e. The predicted molar refractivity (Wildman–Crippen MR) is 120 cm³/mol. The number of H-pyrrole nitrogens is 1. The lowest BCUT2D eigenvalue weighted by molar-refractivity contribution is 0.0696. The van der Waals surface area contributed by atoms with Crippen molar-refractivity contribution >= 4 is 5.97 Å². The Balaban J connectivity index is 1.64. The van der Waals surface area contributed by atoms with Crippen LogP contribution in [0.3, 0.4) is 0 Å². The number of aromatic nitrogens is 5. The number of benzene rings is 2. The number of nitrogens with zero attached hydrogens (tertiary/aromatic N) is 4. The van der Waals surface area contributed by atoms with E-state index in [1.54, 1.807) is 10.6 Å². The molecule has 0 saturated heterocycles. The van der Waals surface area contributed by atoms with Gasteiger partial charge in [0.25, 0.3) is 5.56 Å². The second kappa shape index (κ2) is 9.38. The van der Waals surface area contributed by atoms with Crippen molar-refractivity contribution in [2.75, 3.05) is 0 Å². The van der Waals surface area contributed by atoms with Gasteiger partial charge in [0, 0.05) is 17.3 Å². The molecule has 32 heavy (non-hydrogen) atoms. The first kappa shape index (κ1) is 21.2. The minimum Gasteiger partial charge on any atom is -0.478 e. The van der Waals surface area contributed by atoms with E-state index in [9.17, 15) is 14.7 Å². The topological polar surface area (TPSA) is 114 Å². The summed E-state index contributed by atoms with van der Waals surface area (Å²) < 4.78 is 1.66. The summed E-state index contributed by atoms with van der Waals surface area (Å²) in [6.07, 6.45) is 2.50. The van der Waals surface area contributed by atoms with Crippen molar-refractivity contribution in [1.82, 2.24) is 25.2 Å². The molecule has 0 aliphatic heterocycles. The Bertz CT molecular complexity index is 1280. The number of carboxylic acid groups (broad SMARTS) is 1. The zero-order valence-corrected chi connectivity index (χ0v) is 17.7. The fourth-order valence-corrected chi connectivity index (χ4v) is 3.71. The highest BCUT2D eigenvalue weighted by Crippen LogP contribution is 2.29. The molecule has 4 rings (SSSR count). The van der Waals surface area contributed by atoms with Crippen LogP contribution >= 0.6 is 0 Å². The van der Waals surface area contributed by atoms with Crippen molar-refractivity contribution in [2.45, 2.75) is 32.7 Å². The number of aromatic carboxylic acids is 1. The summed E-state index contributed by atoms with van der Waals surface area (Å²) >= 11 is 0. The SMILES string of the molecule is CCCCc1cc(C(=O)O)cc(=O)n1Cc1ccc(-c2ccccc2-c2nnn[nH]2)cc1. The van der Waals surface area contributed by atoms with Crippen LogP contribution in [0.4, 0.5) is 0 Å². The van der Waals surface area contributed by atoms with Crippen LogP contribution in [0.15, 0.2) is 65.5 Å². The molecule has 0 unspecified atom stereocenters. The molecule has 0 amide bonds. The Labute approximate surface area is 184 Å². The Kier molecular flexibility index (Phi) is 6.21. The number of pyridine rings is 1. The average molecular weight is 429 g/mol. The Morgan fingerprint density at radius 1 is 1.06 bits per heavy atom.